The Morgan fingerprint density at radius 2 is 0.794 bits per heavy atom. The summed E-state index contributed by atoms with van der Waals surface area (Å²) in [5, 5.41) is -7.94. The van der Waals surface area contributed by atoms with E-state index >= 15 is 0 Å². The standard InChI is InChI=1S/C10HF19O4S/c11-1(12)2(13)33-9(26,27)7(22,23)5(18,19)3(14,15)4(16,17)6(20,21)8(24,25)10(28,29)34(30,31)32/h(H,30,31,32). The minimum atomic E-state index is -9.06. The Bertz CT molecular complexity index is 915. The fourth-order valence-corrected chi connectivity index (χ4v) is 1.98. The molecule has 0 rings (SSSR count). The first-order chi connectivity index (χ1) is 14.3. The van der Waals surface area contributed by atoms with Gasteiger partial charge in [-0.1, -0.05) is 0 Å². The summed E-state index contributed by atoms with van der Waals surface area (Å²) in [5.74, 6) is -53.0. The van der Waals surface area contributed by atoms with Crippen molar-refractivity contribution in [3.63, 3.8) is 0 Å². The number of hydrogen-bond acceptors (Lipinski definition) is 3. The molecule has 0 radical (unpaired) electrons. The van der Waals surface area contributed by atoms with Gasteiger partial charge in [0.1, 0.15) is 0 Å². The first kappa shape index (κ1) is 32.1. The molecule has 4 nitrogen and oxygen atoms in total. The molecule has 0 aromatic carbocycles. The second-order valence-electron chi connectivity index (χ2n) is 5.59. The summed E-state index contributed by atoms with van der Waals surface area (Å²) in [6, 6.07) is -4.25. The summed E-state index contributed by atoms with van der Waals surface area (Å²) in [6.45, 7) is 0. The van der Waals surface area contributed by atoms with E-state index in [1.54, 1.807) is 4.74 Å². The Labute approximate surface area is 171 Å². The average molecular weight is 578 g/mol. The third kappa shape index (κ3) is 4.08. The predicted molar refractivity (Wildman–Crippen MR) is 62.6 cm³/mol. The zero-order valence-corrected chi connectivity index (χ0v) is 15.1. The Balaban J connectivity index is 6.98. The summed E-state index contributed by atoms with van der Waals surface area (Å²) in [7, 11) is -7.99. The van der Waals surface area contributed by atoms with E-state index < -0.39 is 69.1 Å². The van der Waals surface area contributed by atoms with Crippen LogP contribution in [0.2, 0.25) is 0 Å². The van der Waals surface area contributed by atoms with Gasteiger partial charge in [0, 0.05) is 0 Å². The van der Waals surface area contributed by atoms with Crippen LogP contribution in [0.5, 0.6) is 0 Å². The molecule has 0 amide bonds. The van der Waals surface area contributed by atoms with Gasteiger partial charge in [0.15, 0.2) is 0 Å². The highest BCUT2D eigenvalue weighted by molar-refractivity contribution is 7.87. The molecule has 34 heavy (non-hydrogen) atoms. The molecule has 0 bridgehead atoms. The molecular formula is C10HF19O4S. The van der Waals surface area contributed by atoms with Crippen LogP contribution in [-0.4, -0.2) is 59.9 Å². The summed E-state index contributed by atoms with van der Waals surface area (Å²) < 4.78 is 275. The molecule has 0 aromatic rings. The van der Waals surface area contributed by atoms with Gasteiger partial charge in [-0.3, -0.25) is 4.55 Å². The largest absolute Gasteiger partial charge is 0.472 e. The van der Waals surface area contributed by atoms with Crippen LogP contribution in [0.25, 0.3) is 0 Å². The maximum Gasteiger partial charge on any atom is 0.472 e. The first-order valence-corrected chi connectivity index (χ1v) is 8.16. The highest BCUT2D eigenvalue weighted by Gasteiger charge is 2.96. The average Bonchev–Trinajstić information content (AvgIpc) is 2.58. The lowest BCUT2D eigenvalue weighted by atomic mass is 9.91. The Morgan fingerprint density at radius 1 is 0.529 bits per heavy atom. The second kappa shape index (κ2) is 8.08. The van der Waals surface area contributed by atoms with Crippen molar-refractivity contribution in [3.05, 3.63) is 12.1 Å². The third-order valence-corrected chi connectivity index (χ3v) is 4.30. The molecule has 0 aromatic heterocycles. The van der Waals surface area contributed by atoms with E-state index in [1.807, 2.05) is 0 Å². The molecule has 1 N–H and O–H groups in total. The van der Waals surface area contributed by atoms with Crippen LogP contribution in [0.1, 0.15) is 0 Å². The lowest BCUT2D eigenvalue weighted by Gasteiger charge is -2.42. The van der Waals surface area contributed by atoms with Crippen LogP contribution in [0.3, 0.4) is 0 Å². The molecule has 0 aliphatic rings. The van der Waals surface area contributed by atoms with Crippen LogP contribution < -0.4 is 0 Å². The molecule has 0 saturated carbocycles. The lowest BCUT2D eigenvalue weighted by molar-refractivity contribution is -0.468. The van der Waals surface area contributed by atoms with E-state index in [-0.39, 0.29) is 0 Å². The predicted octanol–water partition coefficient (Wildman–Crippen LogP) is 5.92. The molecular weight excluding hydrogens is 577 g/mol. The van der Waals surface area contributed by atoms with E-state index in [0.29, 0.717) is 0 Å². The number of hydrogen-bond donors (Lipinski definition) is 1. The fourth-order valence-electron chi connectivity index (χ4n) is 1.53. The molecule has 24 heteroatoms. The van der Waals surface area contributed by atoms with Gasteiger partial charge in [-0.2, -0.15) is 91.8 Å². The minimum absolute atomic E-state index is 1.56. The van der Waals surface area contributed by atoms with Gasteiger partial charge in [-0.25, -0.2) is 0 Å². The van der Waals surface area contributed by atoms with Gasteiger partial charge in [-0.15, -0.1) is 0 Å². The van der Waals surface area contributed by atoms with E-state index in [4.69, 9.17) is 4.55 Å². The van der Waals surface area contributed by atoms with Crippen molar-refractivity contribution >= 4 is 10.1 Å². The van der Waals surface area contributed by atoms with E-state index in [9.17, 15) is 91.8 Å². The van der Waals surface area contributed by atoms with Crippen molar-refractivity contribution in [3.8, 4) is 0 Å². The normalized spacial score (nSPS) is 15.9. The zero-order valence-electron chi connectivity index (χ0n) is 14.3. The number of halogens is 19. The van der Waals surface area contributed by atoms with Gasteiger partial charge >= 0.3 is 69.1 Å². The van der Waals surface area contributed by atoms with Gasteiger partial charge < -0.3 is 4.74 Å². The molecule has 204 valence electrons. The van der Waals surface area contributed by atoms with E-state index in [1.165, 1.54) is 0 Å². The number of rotatable bonds is 10. The minimum Gasteiger partial charge on any atom is -0.397 e. The Kier molecular flexibility index (Phi) is 7.63. The van der Waals surface area contributed by atoms with Crippen molar-refractivity contribution in [2.24, 2.45) is 0 Å². The SMILES string of the molecule is O=S(=O)(O)C(F)(F)C(F)(F)C(F)(F)C(F)(F)C(F)(F)C(F)(F)C(F)(F)C(F)(F)OC(F)=C(F)F. The first-order valence-electron chi connectivity index (χ1n) is 6.72. The van der Waals surface area contributed by atoms with Crippen LogP contribution in [0, 0.1) is 0 Å². The maximum absolute atomic E-state index is 13.3. The molecule has 0 fully saturated rings. The second-order valence-corrected chi connectivity index (χ2v) is 7.05. The fraction of sp³-hybridized carbons (Fsp3) is 0.800. The summed E-state index contributed by atoms with van der Waals surface area (Å²) in [5.41, 5.74) is 0. The zero-order chi connectivity index (χ0) is 28.4. The van der Waals surface area contributed by atoms with Crippen molar-refractivity contribution in [2.45, 2.75) is 46.9 Å². The van der Waals surface area contributed by atoms with Crippen molar-refractivity contribution < 1.29 is 101 Å². The highest BCUT2D eigenvalue weighted by Crippen LogP contribution is 2.64. The van der Waals surface area contributed by atoms with Crippen LogP contribution >= 0.6 is 0 Å². The number of ether oxygens (including phenoxy) is 1. The quantitative estimate of drug-likeness (QED) is 0.199. The summed E-state index contributed by atoms with van der Waals surface area (Å²) in [4.78, 5) is 0. The van der Waals surface area contributed by atoms with Crippen LogP contribution in [0.15, 0.2) is 12.1 Å². The van der Waals surface area contributed by atoms with Gasteiger partial charge in [0.25, 0.3) is 0 Å². The molecule has 0 unspecified atom stereocenters. The number of alkyl halides is 16. The Hall–Kier alpha value is -1.88. The highest BCUT2D eigenvalue weighted by atomic mass is 32.2. The molecule has 0 heterocycles. The van der Waals surface area contributed by atoms with Gasteiger partial charge in [0.2, 0.25) is 0 Å². The topological polar surface area (TPSA) is 63.6 Å². The monoisotopic (exact) mass is 578 g/mol. The van der Waals surface area contributed by atoms with Crippen molar-refractivity contribution in [2.75, 3.05) is 0 Å². The van der Waals surface area contributed by atoms with E-state index in [0.717, 1.165) is 0 Å². The Morgan fingerprint density at radius 3 is 1.06 bits per heavy atom. The van der Waals surface area contributed by atoms with Crippen molar-refractivity contribution in [1.29, 1.82) is 0 Å². The van der Waals surface area contributed by atoms with Crippen molar-refractivity contribution in [1.82, 2.24) is 0 Å². The summed E-state index contributed by atoms with van der Waals surface area (Å²) >= 11 is 0. The van der Waals surface area contributed by atoms with Gasteiger partial charge in [0.05, 0.1) is 0 Å². The molecule has 0 spiro atoms. The lowest BCUT2D eigenvalue weighted by Crippen LogP contribution is -2.75. The molecule has 0 atom stereocenters. The molecule has 0 aliphatic carbocycles. The van der Waals surface area contributed by atoms with Crippen LogP contribution in [0.4, 0.5) is 83.4 Å². The third-order valence-electron chi connectivity index (χ3n) is 3.39. The maximum atomic E-state index is 13.3. The molecule has 0 aliphatic heterocycles. The summed E-state index contributed by atoms with van der Waals surface area (Å²) in [6.07, 6.45) is -12.0. The van der Waals surface area contributed by atoms with Gasteiger partial charge in [-0.05, 0) is 0 Å². The van der Waals surface area contributed by atoms with E-state index in [2.05, 4.69) is 0 Å². The van der Waals surface area contributed by atoms with Crippen LogP contribution in [-0.2, 0) is 14.9 Å². The smallest absolute Gasteiger partial charge is 0.397 e. The molecule has 0 saturated heterocycles.